The first-order valence-corrected chi connectivity index (χ1v) is 11.6. The molecule has 0 aliphatic heterocycles. The number of anilines is 2. The molecule has 0 amide bonds. The predicted molar refractivity (Wildman–Crippen MR) is 148 cm³/mol. The highest BCUT2D eigenvalue weighted by Crippen LogP contribution is 2.30. The number of nitrogens with zero attached hydrogens (tertiary/aromatic N) is 3. The van der Waals surface area contributed by atoms with Crippen LogP contribution in [0.4, 0.5) is 11.4 Å². The van der Waals surface area contributed by atoms with Crippen LogP contribution in [0.2, 0.25) is 0 Å². The van der Waals surface area contributed by atoms with Crippen molar-refractivity contribution in [1.82, 2.24) is 0 Å². The number of hydrogen-bond acceptors (Lipinski definition) is 2. The first kappa shape index (κ1) is 23.3. The van der Waals surface area contributed by atoms with Crippen molar-refractivity contribution in [2.45, 2.75) is 0 Å². The normalized spacial score (nSPS) is 13.5. The van der Waals surface area contributed by atoms with E-state index in [0.717, 1.165) is 0 Å². The lowest BCUT2D eigenvalue weighted by Crippen LogP contribution is -2.16. The van der Waals surface area contributed by atoms with E-state index in [4.69, 9.17) is 0 Å². The van der Waals surface area contributed by atoms with Gasteiger partial charge in [0.1, 0.15) is 14.1 Å². The van der Waals surface area contributed by atoms with Gasteiger partial charge in [0.05, 0.1) is 5.56 Å². The Balaban J connectivity index is 1.82. The number of rotatable bonds is 5. The second kappa shape index (κ2) is 9.96. The van der Waals surface area contributed by atoms with Crippen LogP contribution in [0.5, 0.6) is 0 Å². The quantitative estimate of drug-likeness (QED) is 0.445. The fourth-order valence-corrected chi connectivity index (χ4v) is 4.25. The van der Waals surface area contributed by atoms with Gasteiger partial charge in [0.2, 0.25) is 5.71 Å². The molecule has 0 atom stereocenters. The van der Waals surface area contributed by atoms with Crippen LogP contribution in [0.25, 0.3) is 11.1 Å². The van der Waals surface area contributed by atoms with Crippen LogP contribution in [0.3, 0.4) is 0 Å². The van der Waals surface area contributed by atoms with E-state index in [9.17, 15) is 0 Å². The highest BCUT2D eigenvalue weighted by molar-refractivity contribution is 6.13. The van der Waals surface area contributed by atoms with E-state index < -0.39 is 0 Å². The topological polar surface area (TPSA) is 9.49 Å². The van der Waals surface area contributed by atoms with Crippen molar-refractivity contribution in [3.63, 3.8) is 0 Å². The molecule has 34 heavy (non-hydrogen) atoms. The number of allylic oxidation sites excluding steroid dienone is 5. The van der Waals surface area contributed by atoms with Crippen LogP contribution in [0, 0.1) is 0 Å². The lowest BCUT2D eigenvalue weighted by molar-refractivity contribution is -0.463. The molecule has 0 unspecified atom stereocenters. The molecule has 3 nitrogen and oxygen atoms in total. The minimum atomic E-state index is 1.19. The molecule has 0 spiro atoms. The van der Waals surface area contributed by atoms with Crippen LogP contribution in [0.1, 0.15) is 22.3 Å². The first-order chi connectivity index (χ1) is 16.3. The minimum absolute atomic E-state index is 1.19. The summed E-state index contributed by atoms with van der Waals surface area (Å²) in [6.07, 6.45) is 8.93. The van der Waals surface area contributed by atoms with Gasteiger partial charge in [-0.05, 0) is 64.2 Å². The van der Waals surface area contributed by atoms with Crippen molar-refractivity contribution >= 4 is 28.2 Å². The smallest absolute Gasteiger partial charge is 0.207 e. The average Bonchev–Trinajstić information content (AvgIpc) is 2.84. The van der Waals surface area contributed by atoms with Crippen LogP contribution >= 0.6 is 0 Å². The van der Waals surface area contributed by atoms with Crippen LogP contribution < -0.4 is 9.80 Å². The third-order valence-electron chi connectivity index (χ3n) is 6.24. The van der Waals surface area contributed by atoms with E-state index in [0.29, 0.717) is 0 Å². The SMILES string of the molecule is CN(C)c1ccc(C(=C/C=C2/C=CC(=[N+](C)C)c3ccccc32)c2ccc(N(C)C)cc2)cc1. The molecular formula is C31H34N3+. The predicted octanol–water partition coefficient (Wildman–Crippen LogP) is 5.96. The molecule has 1 aliphatic carbocycles. The van der Waals surface area contributed by atoms with Crippen LogP contribution in [-0.2, 0) is 0 Å². The zero-order valence-electron chi connectivity index (χ0n) is 21.1. The molecule has 0 heterocycles. The summed E-state index contributed by atoms with van der Waals surface area (Å²) in [5.74, 6) is 0. The van der Waals surface area contributed by atoms with Gasteiger partial charge >= 0.3 is 0 Å². The second-order valence-electron chi connectivity index (χ2n) is 9.24. The molecule has 1 aliphatic rings. The van der Waals surface area contributed by atoms with Crippen molar-refractivity contribution in [1.29, 1.82) is 0 Å². The first-order valence-electron chi connectivity index (χ1n) is 11.6. The Labute approximate surface area is 204 Å². The Morgan fingerprint density at radius 2 is 1.15 bits per heavy atom. The minimum Gasteiger partial charge on any atom is -0.378 e. The van der Waals surface area contributed by atoms with E-state index in [-0.39, 0.29) is 0 Å². The Bertz CT molecular complexity index is 1230. The summed E-state index contributed by atoms with van der Waals surface area (Å²) in [6.45, 7) is 0. The van der Waals surface area contributed by atoms with Gasteiger partial charge in [0.25, 0.3) is 0 Å². The summed E-state index contributed by atoms with van der Waals surface area (Å²) in [6, 6.07) is 26.2. The van der Waals surface area contributed by atoms with E-state index in [1.807, 2.05) is 0 Å². The van der Waals surface area contributed by atoms with E-state index in [1.54, 1.807) is 0 Å². The Morgan fingerprint density at radius 3 is 1.62 bits per heavy atom. The molecule has 4 rings (SSSR count). The number of benzene rings is 3. The summed E-state index contributed by atoms with van der Waals surface area (Å²) >= 11 is 0. The molecule has 0 bridgehead atoms. The van der Waals surface area contributed by atoms with Gasteiger partial charge in [-0.1, -0.05) is 54.6 Å². The van der Waals surface area contributed by atoms with Crippen molar-refractivity contribution in [2.75, 3.05) is 52.1 Å². The van der Waals surface area contributed by atoms with Crippen LogP contribution in [-0.4, -0.2) is 52.6 Å². The monoisotopic (exact) mass is 448 g/mol. The fraction of sp³-hybridized carbons (Fsp3) is 0.194. The Morgan fingerprint density at radius 1 is 0.647 bits per heavy atom. The molecule has 3 aromatic carbocycles. The standard InChI is InChI=1S/C31H34N3/c1-32(2)26-17-11-23(12-18-26)28(24-13-19-27(20-14-24)33(3)4)21-15-25-16-22-31(34(5)6)30-10-8-7-9-29(25)30/h7-22H,1-6H3/q+1. The largest absolute Gasteiger partial charge is 0.378 e. The third kappa shape index (κ3) is 4.89. The van der Waals surface area contributed by atoms with Crippen molar-refractivity contribution in [3.8, 4) is 0 Å². The van der Waals surface area contributed by atoms with E-state index in [1.165, 1.54) is 50.5 Å². The van der Waals surface area contributed by atoms with Gasteiger partial charge in [-0.15, -0.1) is 0 Å². The Kier molecular flexibility index (Phi) is 6.83. The molecule has 0 aromatic heterocycles. The number of hydrogen-bond donors (Lipinski definition) is 0. The molecule has 0 saturated carbocycles. The maximum Gasteiger partial charge on any atom is 0.207 e. The highest BCUT2D eigenvalue weighted by atomic mass is 15.1. The van der Waals surface area contributed by atoms with E-state index in [2.05, 4.69) is 154 Å². The maximum atomic E-state index is 2.26. The highest BCUT2D eigenvalue weighted by Gasteiger charge is 2.19. The maximum absolute atomic E-state index is 2.26. The molecule has 0 fully saturated rings. The zero-order chi connectivity index (χ0) is 24.2. The second-order valence-corrected chi connectivity index (χ2v) is 9.24. The lowest BCUT2D eigenvalue weighted by atomic mass is 9.89. The lowest BCUT2D eigenvalue weighted by Gasteiger charge is -2.16. The summed E-state index contributed by atoms with van der Waals surface area (Å²) in [5.41, 5.74) is 11.0. The third-order valence-corrected chi connectivity index (χ3v) is 6.24. The van der Waals surface area contributed by atoms with Gasteiger partial charge < -0.3 is 9.80 Å². The molecule has 0 saturated heterocycles. The molecule has 0 N–H and O–H groups in total. The zero-order valence-corrected chi connectivity index (χ0v) is 21.1. The summed E-state index contributed by atoms with van der Waals surface area (Å²) < 4.78 is 2.17. The van der Waals surface area contributed by atoms with Crippen molar-refractivity contribution in [3.05, 3.63) is 119 Å². The summed E-state index contributed by atoms with van der Waals surface area (Å²) in [4.78, 5) is 4.26. The average molecular weight is 449 g/mol. The van der Waals surface area contributed by atoms with Gasteiger partial charge in [-0.3, -0.25) is 0 Å². The molecule has 3 aromatic rings. The van der Waals surface area contributed by atoms with Gasteiger partial charge in [-0.2, -0.15) is 0 Å². The molecule has 0 radical (unpaired) electrons. The van der Waals surface area contributed by atoms with Gasteiger partial charge in [0, 0.05) is 45.6 Å². The van der Waals surface area contributed by atoms with Crippen molar-refractivity contribution < 1.29 is 4.58 Å². The van der Waals surface area contributed by atoms with Gasteiger partial charge in [0.15, 0.2) is 0 Å². The van der Waals surface area contributed by atoms with Crippen molar-refractivity contribution in [2.24, 2.45) is 0 Å². The van der Waals surface area contributed by atoms with Gasteiger partial charge in [-0.25, -0.2) is 4.58 Å². The van der Waals surface area contributed by atoms with Crippen LogP contribution in [0.15, 0.2) is 97.1 Å². The summed E-state index contributed by atoms with van der Waals surface area (Å²) in [5, 5.41) is 0. The summed E-state index contributed by atoms with van der Waals surface area (Å²) in [7, 11) is 12.5. The molecule has 172 valence electrons. The molecule has 3 heteroatoms. The Hall–Kier alpha value is -3.85. The van der Waals surface area contributed by atoms with E-state index >= 15 is 0 Å². The fourth-order valence-electron chi connectivity index (χ4n) is 4.25. The molecular weight excluding hydrogens is 414 g/mol. The number of fused-ring (bicyclic) bond motifs is 1.